The van der Waals surface area contributed by atoms with Crippen molar-refractivity contribution < 1.29 is 24.0 Å². The highest BCUT2D eigenvalue weighted by atomic mass is 32.1. The molecule has 1 aromatic heterocycles. The molecule has 0 saturated carbocycles. The van der Waals surface area contributed by atoms with Crippen LogP contribution >= 0.6 is 11.3 Å². The van der Waals surface area contributed by atoms with Gasteiger partial charge in [0.1, 0.15) is 5.01 Å². The Morgan fingerprint density at radius 3 is 2.47 bits per heavy atom. The number of thiazole rings is 1. The third-order valence-electron chi connectivity index (χ3n) is 6.54. The van der Waals surface area contributed by atoms with E-state index in [0.717, 1.165) is 5.56 Å². The normalized spacial score (nSPS) is 21.4. The van der Waals surface area contributed by atoms with Gasteiger partial charge in [-0.05, 0) is 19.4 Å². The number of nitrogens with zero attached hydrogens (tertiary/aromatic N) is 2. The van der Waals surface area contributed by atoms with Crippen molar-refractivity contribution in [2.24, 2.45) is 0 Å². The van der Waals surface area contributed by atoms with Crippen molar-refractivity contribution in [3.63, 3.8) is 0 Å². The number of benzene rings is 2. The molecule has 2 aromatic carbocycles. The van der Waals surface area contributed by atoms with Crippen LogP contribution in [0.1, 0.15) is 30.3 Å². The second-order valence-corrected chi connectivity index (χ2v) is 9.30. The van der Waals surface area contributed by atoms with E-state index in [1.165, 1.54) is 37.7 Å². The van der Waals surface area contributed by atoms with Crippen LogP contribution in [0.5, 0.6) is 0 Å². The van der Waals surface area contributed by atoms with E-state index in [0.29, 0.717) is 27.5 Å². The number of methoxy groups -OCH3 is 2. The maximum absolute atomic E-state index is 13.8. The molecule has 10 heteroatoms. The summed E-state index contributed by atoms with van der Waals surface area (Å²) in [4.78, 5) is 42.5. The zero-order valence-corrected chi connectivity index (χ0v) is 21.0. The number of allylic oxidation sites excluding steroid dienone is 1. The number of nitrogens with one attached hydrogen (secondary N) is 1. The summed E-state index contributed by atoms with van der Waals surface area (Å²) in [5.41, 5.74) is 1.15. The Hall–Kier alpha value is -4.05. The molecule has 0 bridgehead atoms. The van der Waals surface area contributed by atoms with E-state index in [4.69, 9.17) is 14.5 Å². The van der Waals surface area contributed by atoms with Gasteiger partial charge in [-0.25, -0.2) is 9.78 Å². The summed E-state index contributed by atoms with van der Waals surface area (Å²) < 4.78 is 10.5. The monoisotopic (exact) mass is 507 g/mol. The van der Waals surface area contributed by atoms with Crippen LogP contribution in [0.2, 0.25) is 0 Å². The van der Waals surface area contributed by atoms with Crippen molar-refractivity contribution in [3.05, 3.63) is 91.9 Å². The second-order valence-electron chi connectivity index (χ2n) is 8.45. The minimum atomic E-state index is -1.43. The number of nitro benzene ring substituents is 1. The Bertz CT molecular complexity index is 1350. The summed E-state index contributed by atoms with van der Waals surface area (Å²) in [5.74, 6) is -1.89. The number of hydrogen-bond acceptors (Lipinski definition) is 9. The first-order chi connectivity index (χ1) is 17.2. The molecule has 2 heterocycles. The first kappa shape index (κ1) is 25.1. The molecular formula is C26H25N3O6S. The fourth-order valence-electron chi connectivity index (χ4n) is 4.90. The van der Waals surface area contributed by atoms with Gasteiger partial charge >= 0.3 is 11.9 Å². The standard InChI is InChI=1S/C26H25N3O6S/c1-15-21(23(30)34-3)22(17-9-6-5-7-10-17)26(16(2)27-15,25(31)35-4)24-28-20(14-36-24)18-11-8-12-19(13-18)29(32)33/h5-14,16,22,27H,1-4H3. The molecule has 0 amide bonds. The van der Waals surface area contributed by atoms with Gasteiger partial charge in [0.2, 0.25) is 0 Å². The molecule has 3 atom stereocenters. The summed E-state index contributed by atoms with van der Waals surface area (Å²) in [6, 6.07) is 14.9. The molecule has 186 valence electrons. The SMILES string of the molecule is COC(=O)C1=C(C)NC(C)C(C(=O)OC)(c2nc(-c3cccc([N+](=O)[O-])c3)cs2)C1c1ccccc1. The summed E-state index contributed by atoms with van der Waals surface area (Å²) in [6.07, 6.45) is 0. The van der Waals surface area contributed by atoms with Gasteiger partial charge in [0.25, 0.3) is 5.69 Å². The number of non-ortho nitro benzene ring substituents is 1. The van der Waals surface area contributed by atoms with Gasteiger partial charge in [-0.3, -0.25) is 14.9 Å². The molecular weight excluding hydrogens is 482 g/mol. The smallest absolute Gasteiger partial charge is 0.336 e. The minimum Gasteiger partial charge on any atom is -0.468 e. The fourth-order valence-corrected chi connectivity index (χ4v) is 6.04. The number of rotatable bonds is 6. The second kappa shape index (κ2) is 9.90. The van der Waals surface area contributed by atoms with Crippen LogP contribution in [0.3, 0.4) is 0 Å². The Labute approximate surface area is 211 Å². The fraction of sp³-hybridized carbons (Fsp3) is 0.269. The molecule has 1 aliphatic rings. The van der Waals surface area contributed by atoms with E-state index in [9.17, 15) is 19.7 Å². The highest BCUT2D eigenvalue weighted by molar-refractivity contribution is 7.10. The minimum absolute atomic E-state index is 0.0638. The van der Waals surface area contributed by atoms with Crippen molar-refractivity contribution in [2.45, 2.75) is 31.2 Å². The first-order valence-corrected chi connectivity index (χ1v) is 12.0. The molecule has 0 spiro atoms. The van der Waals surface area contributed by atoms with E-state index in [1.54, 1.807) is 24.4 Å². The predicted molar refractivity (Wildman–Crippen MR) is 134 cm³/mol. The van der Waals surface area contributed by atoms with Gasteiger partial charge in [0.15, 0.2) is 5.41 Å². The van der Waals surface area contributed by atoms with Crippen LogP contribution in [0.4, 0.5) is 5.69 Å². The highest BCUT2D eigenvalue weighted by Crippen LogP contribution is 2.51. The quantitative estimate of drug-likeness (QED) is 0.297. The van der Waals surface area contributed by atoms with Gasteiger partial charge in [0, 0.05) is 40.7 Å². The van der Waals surface area contributed by atoms with E-state index in [1.807, 2.05) is 37.3 Å². The average molecular weight is 508 g/mol. The Morgan fingerprint density at radius 2 is 1.83 bits per heavy atom. The summed E-state index contributed by atoms with van der Waals surface area (Å²) >= 11 is 1.24. The lowest BCUT2D eigenvalue weighted by molar-refractivity contribution is -0.384. The Morgan fingerprint density at radius 1 is 1.11 bits per heavy atom. The average Bonchev–Trinajstić information content (AvgIpc) is 3.38. The molecule has 3 unspecified atom stereocenters. The third kappa shape index (κ3) is 4.03. The summed E-state index contributed by atoms with van der Waals surface area (Å²) in [5, 5.41) is 16.7. The number of ether oxygens (including phenoxy) is 2. The molecule has 4 rings (SSSR count). The van der Waals surface area contributed by atoms with Crippen LogP contribution in [-0.2, 0) is 24.5 Å². The third-order valence-corrected chi connectivity index (χ3v) is 7.53. The molecule has 1 aliphatic heterocycles. The molecule has 0 saturated heterocycles. The van der Waals surface area contributed by atoms with Gasteiger partial charge < -0.3 is 14.8 Å². The molecule has 0 fully saturated rings. The zero-order chi connectivity index (χ0) is 26.0. The highest BCUT2D eigenvalue weighted by Gasteiger charge is 2.60. The van der Waals surface area contributed by atoms with Crippen LogP contribution in [0, 0.1) is 10.1 Å². The van der Waals surface area contributed by atoms with Crippen LogP contribution < -0.4 is 5.32 Å². The number of carbonyl (C=O) groups is 2. The molecule has 0 aliphatic carbocycles. The predicted octanol–water partition coefficient (Wildman–Crippen LogP) is 4.35. The molecule has 1 N–H and O–H groups in total. The number of carbonyl (C=O) groups excluding carboxylic acids is 2. The maximum Gasteiger partial charge on any atom is 0.336 e. The molecule has 36 heavy (non-hydrogen) atoms. The van der Waals surface area contributed by atoms with Gasteiger partial charge in [-0.2, -0.15) is 0 Å². The van der Waals surface area contributed by atoms with E-state index >= 15 is 0 Å². The first-order valence-electron chi connectivity index (χ1n) is 11.2. The topological polar surface area (TPSA) is 121 Å². The zero-order valence-electron chi connectivity index (χ0n) is 20.2. The lowest BCUT2D eigenvalue weighted by Gasteiger charge is -2.46. The van der Waals surface area contributed by atoms with Gasteiger partial charge in [-0.15, -0.1) is 11.3 Å². The van der Waals surface area contributed by atoms with Crippen molar-refractivity contribution >= 4 is 29.0 Å². The largest absolute Gasteiger partial charge is 0.468 e. The Kier molecular flexibility index (Phi) is 6.89. The van der Waals surface area contributed by atoms with Crippen molar-refractivity contribution in [2.75, 3.05) is 14.2 Å². The Balaban J connectivity index is 1.99. The van der Waals surface area contributed by atoms with E-state index < -0.39 is 34.2 Å². The molecule has 3 aromatic rings. The van der Waals surface area contributed by atoms with Crippen molar-refractivity contribution in [1.82, 2.24) is 10.3 Å². The van der Waals surface area contributed by atoms with Crippen LogP contribution in [0.15, 0.2) is 71.2 Å². The summed E-state index contributed by atoms with van der Waals surface area (Å²) in [6.45, 7) is 3.62. The number of hydrogen-bond donors (Lipinski definition) is 1. The van der Waals surface area contributed by atoms with Crippen molar-refractivity contribution in [3.8, 4) is 11.3 Å². The van der Waals surface area contributed by atoms with Gasteiger partial charge in [-0.1, -0.05) is 42.5 Å². The van der Waals surface area contributed by atoms with E-state index in [-0.39, 0.29) is 5.69 Å². The lowest BCUT2D eigenvalue weighted by atomic mass is 9.62. The number of esters is 2. The number of nitro groups is 1. The molecule has 0 radical (unpaired) electrons. The van der Waals surface area contributed by atoms with Crippen LogP contribution in [0.25, 0.3) is 11.3 Å². The lowest BCUT2D eigenvalue weighted by Crippen LogP contribution is -2.60. The number of aromatic nitrogens is 1. The van der Waals surface area contributed by atoms with E-state index in [2.05, 4.69) is 5.32 Å². The maximum atomic E-state index is 13.8. The summed E-state index contributed by atoms with van der Waals surface area (Å²) in [7, 11) is 2.60. The van der Waals surface area contributed by atoms with Crippen LogP contribution in [-0.4, -0.2) is 42.1 Å². The van der Waals surface area contributed by atoms with Gasteiger partial charge in [0.05, 0.1) is 30.4 Å². The molecule has 9 nitrogen and oxygen atoms in total. The van der Waals surface area contributed by atoms with Crippen molar-refractivity contribution in [1.29, 1.82) is 0 Å².